The molecule has 1 aliphatic rings. The molecule has 122 valence electrons. The summed E-state index contributed by atoms with van der Waals surface area (Å²) in [4.78, 5) is 22.5. The molecule has 2 aromatic rings. The van der Waals surface area contributed by atoms with Crippen LogP contribution >= 0.6 is 0 Å². The Bertz CT molecular complexity index is 713. The molecular weight excluding hydrogens is 286 g/mol. The summed E-state index contributed by atoms with van der Waals surface area (Å²) < 4.78 is 0. The molecule has 3 rings (SSSR count). The third-order valence-electron chi connectivity index (χ3n) is 4.60. The minimum atomic E-state index is -0.0118. The molecule has 1 aromatic carbocycles. The zero-order valence-corrected chi connectivity index (χ0v) is 14.2. The van der Waals surface area contributed by atoms with Crippen LogP contribution in [0.15, 0.2) is 35.1 Å². The number of aromatic nitrogens is 2. The molecule has 0 saturated carbocycles. The van der Waals surface area contributed by atoms with Crippen LogP contribution in [0.5, 0.6) is 0 Å². The van der Waals surface area contributed by atoms with E-state index in [0.29, 0.717) is 18.3 Å². The number of hydrogen-bond donors (Lipinski definition) is 1. The summed E-state index contributed by atoms with van der Waals surface area (Å²) in [5.41, 5.74) is 2.72. The van der Waals surface area contributed by atoms with Crippen LogP contribution in [0.1, 0.15) is 37.1 Å². The molecule has 0 spiro atoms. The van der Waals surface area contributed by atoms with Gasteiger partial charge in [-0.25, -0.2) is 4.98 Å². The minimum Gasteiger partial charge on any atom is -0.342 e. The Hall–Kier alpha value is -2.10. The lowest BCUT2D eigenvalue weighted by Gasteiger charge is -2.35. The van der Waals surface area contributed by atoms with Crippen LogP contribution in [-0.2, 0) is 6.42 Å². The number of nitrogens with one attached hydrogen (secondary N) is 1. The second-order valence-corrected chi connectivity index (χ2v) is 6.97. The van der Waals surface area contributed by atoms with E-state index in [1.54, 1.807) is 0 Å². The number of rotatable bonds is 3. The first-order valence-electron chi connectivity index (χ1n) is 8.41. The zero-order valence-electron chi connectivity index (χ0n) is 14.2. The Balaban J connectivity index is 1.87. The maximum Gasteiger partial charge on any atom is 0.256 e. The van der Waals surface area contributed by atoms with Crippen molar-refractivity contribution in [2.45, 2.75) is 33.6 Å². The van der Waals surface area contributed by atoms with Crippen molar-refractivity contribution < 1.29 is 0 Å². The third-order valence-corrected chi connectivity index (χ3v) is 4.60. The van der Waals surface area contributed by atoms with E-state index in [9.17, 15) is 4.79 Å². The van der Waals surface area contributed by atoms with Crippen LogP contribution in [0.3, 0.4) is 0 Å². The van der Waals surface area contributed by atoms with Gasteiger partial charge in [0.15, 0.2) is 0 Å². The molecule has 4 nitrogen and oxygen atoms in total. The van der Waals surface area contributed by atoms with E-state index in [1.807, 2.05) is 37.3 Å². The first kappa shape index (κ1) is 15.8. The smallest absolute Gasteiger partial charge is 0.256 e. The van der Waals surface area contributed by atoms with E-state index in [-0.39, 0.29) is 5.56 Å². The predicted octanol–water partition coefficient (Wildman–Crippen LogP) is 3.15. The van der Waals surface area contributed by atoms with E-state index in [1.165, 1.54) is 6.42 Å². The van der Waals surface area contributed by atoms with Crippen LogP contribution in [-0.4, -0.2) is 23.1 Å². The number of piperidine rings is 1. The Labute approximate surface area is 137 Å². The summed E-state index contributed by atoms with van der Waals surface area (Å²) in [6.07, 6.45) is 1.87. The van der Waals surface area contributed by atoms with E-state index in [4.69, 9.17) is 4.98 Å². The number of aryl methyl sites for hydroxylation is 1. The van der Waals surface area contributed by atoms with Gasteiger partial charge in [-0.1, -0.05) is 44.2 Å². The first-order valence-corrected chi connectivity index (χ1v) is 8.41. The third kappa shape index (κ3) is 3.63. The lowest BCUT2D eigenvalue weighted by molar-refractivity contribution is 0.353. The van der Waals surface area contributed by atoms with Gasteiger partial charge >= 0.3 is 0 Å². The van der Waals surface area contributed by atoms with Crippen molar-refractivity contribution in [3.8, 4) is 0 Å². The Morgan fingerprint density at radius 2 is 1.83 bits per heavy atom. The van der Waals surface area contributed by atoms with E-state index in [2.05, 4.69) is 23.7 Å². The molecule has 1 aliphatic heterocycles. The number of nitrogens with zero attached hydrogens (tertiary/aromatic N) is 2. The van der Waals surface area contributed by atoms with Gasteiger partial charge in [-0.15, -0.1) is 0 Å². The molecule has 0 amide bonds. The van der Waals surface area contributed by atoms with E-state index >= 15 is 0 Å². The quantitative estimate of drug-likeness (QED) is 0.947. The largest absolute Gasteiger partial charge is 0.342 e. The Morgan fingerprint density at radius 3 is 2.43 bits per heavy atom. The van der Waals surface area contributed by atoms with Gasteiger partial charge in [-0.2, -0.15) is 0 Å². The highest BCUT2D eigenvalue weighted by atomic mass is 16.1. The van der Waals surface area contributed by atoms with Crippen LogP contribution in [0.25, 0.3) is 0 Å². The first-order chi connectivity index (χ1) is 11.0. The topological polar surface area (TPSA) is 49.0 Å². The standard InChI is InChI=1S/C19H25N3O/c1-13-9-14(2)12-22(11-13)19-20-15(3)17(18(23)21-19)10-16-7-5-4-6-8-16/h4-8,13-14H,9-12H2,1-3H3,(H,20,21,23). The molecule has 1 aromatic heterocycles. The summed E-state index contributed by atoms with van der Waals surface area (Å²) in [7, 11) is 0. The molecule has 2 heterocycles. The summed E-state index contributed by atoms with van der Waals surface area (Å²) in [6, 6.07) is 10.1. The summed E-state index contributed by atoms with van der Waals surface area (Å²) in [5.74, 6) is 1.99. The van der Waals surface area contributed by atoms with Gasteiger partial charge in [0.25, 0.3) is 5.56 Å². The molecule has 0 aliphatic carbocycles. The number of hydrogen-bond acceptors (Lipinski definition) is 3. The van der Waals surface area contributed by atoms with Gasteiger partial charge in [-0.05, 0) is 30.7 Å². The van der Waals surface area contributed by atoms with Gasteiger partial charge in [0.2, 0.25) is 5.95 Å². The van der Waals surface area contributed by atoms with Crippen molar-refractivity contribution in [1.82, 2.24) is 9.97 Å². The van der Waals surface area contributed by atoms with Crippen molar-refractivity contribution in [1.29, 1.82) is 0 Å². The van der Waals surface area contributed by atoms with Gasteiger partial charge in [0, 0.05) is 25.1 Å². The summed E-state index contributed by atoms with van der Waals surface area (Å²) in [6.45, 7) is 8.39. The summed E-state index contributed by atoms with van der Waals surface area (Å²) >= 11 is 0. The number of aromatic amines is 1. The fourth-order valence-corrected chi connectivity index (χ4v) is 3.59. The van der Waals surface area contributed by atoms with Crippen molar-refractivity contribution in [3.05, 3.63) is 57.5 Å². The van der Waals surface area contributed by atoms with Gasteiger partial charge in [0.05, 0.1) is 5.69 Å². The minimum absolute atomic E-state index is 0.0118. The van der Waals surface area contributed by atoms with Crippen molar-refractivity contribution in [3.63, 3.8) is 0 Å². The molecular formula is C19H25N3O. The Kier molecular flexibility index (Phi) is 4.51. The highest BCUT2D eigenvalue weighted by molar-refractivity contribution is 5.36. The van der Waals surface area contributed by atoms with Crippen LogP contribution < -0.4 is 10.5 Å². The average molecular weight is 311 g/mol. The zero-order chi connectivity index (χ0) is 16.4. The highest BCUT2D eigenvalue weighted by Gasteiger charge is 2.24. The maximum absolute atomic E-state index is 12.5. The lowest BCUT2D eigenvalue weighted by Crippen LogP contribution is -2.40. The fraction of sp³-hybridized carbons (Fsp3) is 0.474. The van der Waals surface area contributed by atoms with Gasteiger partial charge in [-0.3, -0.25) is 9.78 Å². The molecule has 23 heavy (non-hydrogen) atoms. The fourth-order valence-electron chi connectivity index (χ4n) is 3.59. The molecule has 2 unspecified atom stereocenters. The molecule has 0 radical (unpaired) electrons. The predicted molar refractivity (Wildman–Crippen MR) is 94.0 cm³/mol. The number of H-pyrrole nitrogens is 1. The van der Waals surface area contributed by atoms with Crippen LogP contribution in [0, 0.1) is 18.8 Å². The van der Waals surface area contributed by atoms with Crippen molar-refractivity contribution >= 4 is 5.95 Å². The maximum atomic E-state index is 12.5. The van der Waals surface area contributed by atoms with Gasteiger partial charge in [0.1, 0.15) is 0 Å². The molecule has 2 atom stereocenters. The van der Waals surface area contributed by atoms with Crippen molar-refractivity contribution in [2.24, 2.45) is 11.8 Å². The van der Waals surface area contributed by atoms with Crippen LogP contribution in [0.2, 0.25) is 0 Å². The lowest BCUT2D eigenvalue weighted by atomic mass is 9.92. The monoisotopic (exact) mass is 311 g/mol. The molecule has 0 bridgehead atoms. The number of anilines is 1. The average Bonchev–Trinajstić information content (AvgIpc) is 2.51. The molecule has 1 N–H and O–H groups in total. The SMILES string of the molecule is Cc1nc(N2CC(C)CC(C)C2)[nH]c(=O)c1Cc1ccccc1. The Morgan fingerprint density at radius 1 is 1.17 bits per heavy atom. The van der Waals surface area contributed by atoms with Crippen molar-refractivity contribution in [2.75, 3.05) is 18.0 Å². The molecule has 1 fully saturated rings. The van der Waals surface area contributed by atoms with Crippen LogP contribution in [0.4, 0.5) is 5.95 Å². The highest BCUT2D eigenvalue weighted by Crippen LogP contribution is 2.24. The summed E-state index contributed by atoms with van der Waals surface area (Å²) in [5, 5.41) is 0. The number of benzene rings is 1. The normalized spacial score (nSPS) is 21.4. The van der Waals surface area contributed by atoms with E-state index < -0.39 is 0 Å². The molecule has 4 heteroatoms. The van der Waals surface area contributed by atoms with E-state index in [0.717, 1.165) is 35.9 Å². The second kappa shape index (κ2) is 6.57. The second-order valence-electron chi connectivity index (χ2n) is 6.97. The van der Waals surface area contributed by atoms with Gasteiger partial charge < -0.3 is 4.90 Å². The molecule has 1 saturated heterocycles.